The van der Waals surface area contributed by atoms with Crippen LogP contribution in [0.5, 0.6) is 0 Å². The van der Waals surface area contributed by atoms with Crippen LogP contribution in [-0.4, -0.2) is 55.2 Å². The third kappa shape index (κ3) is 4.61. The van der Waals surface area contributed by atoms with Gasteiger partial charge in [-0.2, -0.15) is 0 Å². The molecule has 0 aliphatic carbocycles. The number of esters is 1. The summed E-state index contributed by atoms with van der Waals surface area (Å²) in [4.78, 5) is 37.3. The molecule has 0 saturated carbocycles. The molecule has 1 aliphatic heterocycles. The molecule has 0 aromatic rings. The Morgan fingerprint density at radius 1 is 1.19 bits per heavy atom. The van der Waals surface area contributed by atoms with Gasteiger partial charge in [-0.1, -0.05) is 0 Å². The van der Waals surface area contributed by atoms with E-state index in [4.69, 9.17) is 9.47 Å². The minimum absolute atomic E-state index is 0.131. The Balaban J connectivity index is 2.82. The van der Waals surface area contributed by atoms with Gasteiger partial charge >= 0.3 is 12.1 Å². The van der Waals surface area contributed by atoms with Gasteiger partial charge in [-0.15, -0.1) is 0 Å². The second-order valence-corrected chi connectivity index (χ2v) is 5.96. The molecule has 1 aliphatic rings. The predicted octanol–water partition coefficient (Wildman–Crippen LogP) is 0.779. The maximum absolute atomic E-state index is 12.1. The highest BCUT2D eigenvalue weighted by molar-refractivity contribution is 5.87. The topological polar surface area (TPSA) is 84.9 Å². The van der Waals surface area contributed by atoms with Crippen molar-refractivity contribution >= 4 is 18.0 Å². The number of nitrogens with zero attached hydrogens (tertiary/aromatic N) is 1. The van der Waals surface area contributed by atoms with Gasteiger partial charge in [0.15, 0.2) is 0 Å². The molecule has 1 N–H and O–H groups in total. The van der Waals surface area contributed by atoms with E-state index in [9.17, 15) is 14.4 Å². The van der Waals surface area contributed by atoms with Crippen molar-refractivity contribution in [2.24, 2.45) is 11.8 Å². The third-order valence-electron chi connectivity index (χ3n) is 3.14. The molecule has 2 atom stereocenters. The van der Waals surface area contributed by atoms with E-state index in [2.05, 4.69) is 5.32 Å². The lowest BCUT2D eigenvalue weighted by Gasteiger charge is -2.24. The largest absolute Gasteiger partial charge is 0.466 e. The van der Waals surface area contributed by atoms with Crippen LogP contribution in [0.25, 0.3) is 0 Å². The minimum Gasteiger partial charge on any atom is -0.466 e. The molecule has 7 nitrogen and oxygen atoms in total. The highest BCUT2D eigenvalue weighted by atomic mass is 16.6. The molecule has 0 spiro atoms. The van der Waals surface area contributed by atoms with Crippen molar-refractivity contribution < 1.29 is 23.9 Å². The Bertz CT molecular complexity index is 416. The lowest BCUT2D eigenvalue weighted by Crippen LogP contribution is -2.37. The summed E-state index contributed by atoms with van der Waals surface area (Å²) in [5.74, 6) is -2.00. The fraction of sp³-hybridized carbons (Fsp3) is 0.786. The molecule has 2 amide bonds. The van der Waals surface area contributed by atoms with Gasteiger partial charge in [0.05, 0.1) is 18.4 Å². The van der Waals surface area contributed by atoms with E-state index in [1.54, 1.807) is 27.7 Å². The van der Waals surface area contributed by atoms with E-state index < -0.39 is 29.5 Å². The van der Waals surface area contributed by atoms with Crippen LogP contribution in [0.15, 0.2) is 0 Å². The van der Waals surface area contributed by atoms with Gasteiger partial charge in [0.25, 0.3) is 0 Å². The second-order valence-electron chi connectivity index (χ2n) is 5.96. The van der Waals surface area contributed by atoms with Crippen LogP contribution in [0, 0.1) is 11.8 Å². The van der Waals surface area contributed by atoms with Crippen LogP contribution >= 0.6 is 0 Å². The van der Waals surface area contributed by atoms with E-state index in [1.165, 1.54) is 11.9 Å². The number of hydrogen-bond donors (Lipinski definition) is 1. The molecular formula is C14H24N2O5. The Kier molecular flexibility index (Phi) is 5.57. The zero-order valence-corrected chi connectivity index (χ0v) is 13.3. The lowest BCUT2D eigenvalue weighted by molar-refractivity contribution is -0.150. The smallest absolute Gasteiger partial charge is 0.410 e. The normalized spacial score (nSPS) is 21.9. The van der Waals surface area contributed by atoms with Gasteiger partial charge in [0.1, 0.15) is 5.60 Å². The van der Waals surface area contributed by atoms with E-state index in [1.807, 2.05) is 0 Å². The number of rotatable bonds is 3. The highest BCUT2D eigenvalue weighted by Gasteiger charge is 2.45. The van der Waals surface area contributed by atoms with Crippen molar-refractivity contribution in [1.29, 1.82) is 0 Å². The van der Waals surface area contributed by atoms with Crippen molar-refractivity contribution in [1.82, 2.24) is 10.2 Å². The minimum atomic E-state index is -0.655. The molecule has 0 aromatic carbocycles. The molecule has 0 bridgehead atoms. The zero-order chi connectivity index (χ0) is 16.2. The van der Waals surface area contributed by atoms with Gasteiger partial charge in [0, 0.05) is 20.1 Å². The summed E-state index contributed by atoms with van der Waals surface area (Å²) in [5.41, 5.74) is -0.623. The molecule has 1 saturated heterocycles. The number of ether oxygens (including phenoxy) is 2. The number of nitrogens with one attached hydrogen (secondary N) is 1. The number of carbonyl (C=O) groups excluding carboxylic acids is 3. The second kappa shape index (κ2) is 6.78. The molecule has 120 valence electrons. The van der Waals surface area contributed by atoms with Crippen LogP contribution in [0.3, 0.4) is 0 Å². The fourth-order valence-electron chi connectivity index (χ4n) is 2.22. The Morgan fingerprint density at radius 3 is 2.24 bits per heavy atom. The number of amides is 2. The molecule has 21 heavy (non-hydrogen) atoms. The number of carbonyl (C=O) groups is 3. The van der Waals surface area contributed by atoms with Crippen LogP contribution in [0.2, 0.25) is 0 Å². The summed E-state index contributed by atoms with van der Waals surface area (Å²) in [6, 6.07) is 0. The van der Waals surface area contributed by atoms with E-state index in [0.717, 1.165) is 0 Å². The molecule has 0 radical (unpaired) electrons. The molecule has 0 unspecified atom stereocenters. The maximum atomic E-state index is 12.1. The van der Waals surface area contributed by atoms with Crippen molar-refractivity contribution in [3.63, 3.8) is 0 Å². The molecule has 0 aromatic heterocycles. The third-order valence-corrected chi connectivity index (χ3v) is 3.14. The van der Waals surface area contributed by atoms with Crippen molar-refractivity contribution in [2.75, 3.05) is 26.7 Å². The Labute approximate surface area is 124 Å². The monoisotopic (exact) mass is 300 g/mol. The first kappa shape index (κ1) is 17.3. The SMILES string of the molecule is CCOC(=O)[C@H]1CN(C(=O)OC(C)(C)C)C[C@@H]1C(=O)NC. The van der Waals surface area contributed by atoms with Gasteiger partial charge in [-0.3, -0.25) is 9.59 Å². The van der Waals surface area contributed by atoms with Crippen LogP contribution in [0.4, 0.5) is 4.79 Å². The van der Waals surface area contributed by atoms with Gasteiger partial charge in [0.2, 0.25) is 5.91 Å². The number of likely N-dealkylation sites (tertiary alicyclic amines) is 1. The first-order valence-corrected chi connectivity index (χ1v) is 7.05. The fourth-order valence-corrected chi connectivity index (χ4v) is 2.22. The summed E-state index contributed by atoms with van der Waals surface area (Å²) in [6.45, 7) is 7.51. The summed E-state index contributed by atoms with van der Waals surface area (Å²) < 4.78 is 10.3. The first-order valence-electron chi connectivity index (χ1n) is 7.05. The average Bonchev–Trinajstić information content (AvgIpc) is 2.81. The molecule has 7 heteroatoms. The van der Waals surface area contributed by atoms with Gasteiger partial charge in [-0.25, -0.2) is 4.79 Å². The lowest BCUT2D eigenvalue weighted by atomic mass is 9.95. The maximum Gasteiger partial charge on any atom is 0.410 e. The van der Waals surface area contributed by atoms with Crippen LogP contribution in [-0.2, 0) is 19.1 Å². The van der Waals surface area contributed by atoms with E-state index in [0.29, 0.717) is 0 Å². The Hall–Kier alpha value is -1.79. The Morgan fingerprint density at radius 2 is 1.76 bits per heavy atom. The predicted molar refractivity (Wildman–Crippen MR) is 75.5 cm³/mol. The molecule has 1 heterocycles. The first-order chi connectivity index (χ1) is 9.69. The molecule has 1 rings (SSSR count). The van der Waals surface area contributed by atoms with Crippen molar-refractivity contribution in [2.45, 2.75) is 33.3 Å². The van der Waals surface area contributed by atoms with Crippen molar-refractivity contribution in [3.8, 4) is 0 Å². The van der Waals surface area contributed by atoms with Gasteiger partial charge in [-0.05, 0) is 27.7 Å². The van der Waals surface area contributed by atoms with Gasteiger partial charge < -0.3 is 19.7 Å². The quantitative estimate of drug-likeness (QED) is 0.779. The standard InChI is InChI=1S/C14H24N2O5/c1-6-20-12(18)10-8-16(7-9(10)11(17)15-5)13(19)21-14(2,3)4/h9-10H,6-8H2,1-5H3,(H,15,17)/t9-,10-/m0/s1. The molecule has 1 fully saturated rings. The number of hydrogen-bond acceptors (Lipinski definition) is 5. The van der Waals surface area contributed by atoms with E-state index in [-0.39, 0.29) is 25.6 Å². The van der Waals surface area contributed by atoms with Crippen LogP contribution < -0.4 is 5.32 Å². The zero-order valence-electron chi connectivity index (χ0n) is 13.3. The summed E-state index contributed by atoms with van der Waals surface area (Å²) in [7, 11) is 1.50. The van der Waals surface area contributed by atoms with Crippen molar-refractivity contribution in [3.05, 3.63) is 0 Å². The average molecular weight is 300 g/mol. The summed E-state index contributed by atoms with van der Waals surface area (Å²) in [5, 5.41) is 2.52. The summed E-state index contributed by atoms with van der Waals surface area (Å²) in [6.07, 6.45) is -0.525. The van der Waals surface area contributed by atoms with E-state index >= 15 is 0 Å². The van der Waals surface area contributed by atoms with Crippen LogP contribution in [0.1, 0.15) is 27.7 Å². The highest BCUT2D eigenvalue weighted by Crippen LogP contribution is 2.26. The summed E-state index contributed by atoms with van der Waals surface area (Å²) >= 11 is 0. The molecular weight excluding hydrogens is 276 g/mol.